The molecule has 3 rings (SSSR count). The first-order valence-corrected chi connectivity index (χ1v) is 7.57. The molecule has 3 aliphatic rings. The second-order valence-electron chi connectivity index (χ2n) is 7.29. The van der Waals surface area contributed by atoms with E-state index in [0.717, 1.165) is 53.3 Å². The molecule has 3 saturated carbocycles. The molecule has 0 nitrogen and oxygen atoms in total. The molecule has 0 heteroatoms. The first-order chi connectivity index (χ1) is 7.57. The molecule has 16 heavy (non-hydrogen) atoms. The number of rotatable bonds is 3. The van der Waals surface area contributed by atoms with Crippen molar-refractivity contribution in [2.24, 2.45) is 53.3 Å². The summed E-state index contributed by atoms with van der Waals surface area (Å²) in [6, 6.07) is 0. The minimum absolute atomic E-state index is 0.975. The first-order valence-electron chi connectivity index (χ1n) is 7.57. The van der Waals surface area contributed by atoms with Gasteiger partial charge in [0.15, 0.2) is 0 Å². The zero-order valence-corrected chi connectivity index (χ0v) is 11.6. The zero-order chi connectivity index (χ0) is 11.6. The van der Waals surface area contributed by atoms with Crippen molar-refractivity contribution in [2.45, 2.75) is 47.5 Å². The summed E-state index contributed by atoms with van der Waals surface area (Å²) in [4.78, 5) is 0. The number of hydrogen-bond donors (Lipinski definition) is 0. The molecule has 0 aromatic heterocycles. The van der Waals surface area contributed by atoms with Crippen LogP contribution in [0.3, 0.4) is 0 Å². The third-order valence-electron chi connectivity index (χ3n) is 6.63. The Bertz CT molecular complexity index is 282. The molecule has 0 amide bonds. The summed E-state index contributed by atoms with van der Waals surface area (Å²) in [5.74, 6) is 9.68. The molecule has 0 heterocycles. The molecule has 0 aliphatic heterocycles. The normalized spacial score (nSPS) is 60.6. The smallest absolute Gasteiger partial charge is 0.0321 e. The van der Waals surface area contributed by atoms with E-state index in [2.05, 4.69) is 34.6 Å². The van der Waals surface area contributed by atoms with Crippen LogP contribution in [0.25, 0.3) is 0 Å². The molecule has 0 spiro atoms. The van der Waals surface area contributed by atoms with Crippen molar-refractivity contribution in [3.05, 3.63) is 0 Å². The van der Waals surface area contributed by atoms with Gasteiger partial charge >= 0.3 is 0 Å². The molecule has 0 bridgehead atoms. The Labute approximate surface area is 101 Å². The lowest BCUT2D eigenvalue weighted by atomic mass is 9.88. The zero-order valence-electron chi connectivity index (χ0n) is 11.6. The fourth-order valence-corrected chi connectivity index (χ4v) is 5.63. The van der Waals surface area contributed by atoms with Crippen LogP contribution in [0.15, 0.2) is 0 Å². The van der Waals surface area contributed by atoms with Crippen molar-refractivity contribution >= 4 is 0 Å². The summed E-state index contributed by atoms with van der Waals surface area (Å²) in [6.07, 6.45) is 2.94. The molecular formula is C16H28. The van der Waals surface area contributed by atoms with Gasteiger partial charge in [-0.25, -0.2) is 0 Å². The summed E-state index contributed by atoms with van der Waals surface area (Å²) >= 11 is 0. The van der Waals surface area contributed by atoms with Crippen molar-refractivity contribution < 1.29 is 0 Å². The first kappa shape index (κ1) is 11.1. The van der Waals surface area contributed by atoms with Crippen LogP contribution < -0.4 is 0 Å². The maximum atomic E-state index is 2.52. The van der Waals surface area contributed by atoms with Crippen LogP contribution in [0.4, 0.5) is 0 Å². The second-order valence-corrected chi connectivity index (χ2v) is 7.29. The monoisotopic (exact) mass is 220 g/mol. The third-order valence-corrected chi connectivity index (χ3v) is 6.63. The Balaban J connectivity index is 1.68. The number of fused-ring (bicyclic) bond motifs is 1. The van der Waals surface area contributed by atoms with E-state index in [4.69, 9.17) is 0 Å². The molecule has 0 radical (unpaired) electrons. The quantitative estimate of drug-likeness (QED) is 0.659. The molecule has 3 fully saturated rings. The summed E-state index contributed by atoms with van der Waals surface area (Å²) < 4.78 is 0. The largest absolute Gasteiger partial charge is 0.0651 e. The van der Waals surface area contributed by atoms with Crippen LogP contribution in [-0.2, 0) is 0 Å². The lowest BCUT2D eigenvalue weighted by Crippen LogP contribution is -2.10. The molecule has 0 aromatic carbocycles. The van der Waals surface area contributed by atoms with Gasteiger partial charge in [-0.05, 0) is 59.7 Å². The highest BCUT2D eigenvalue weighted by Gasteiger charge is 2.65. The van der Waals surface area contributed by atoms with Crippen molar-refractivity contribution in [2.75, 3.05) is 0 Å². The van der Waals surface area contributed by atoms with Crippen LogP contribution in [0.1, 0.15) is 47.5 Å². The van der Waals surface area contributed by atoms with Gasteiger partial charge in [0, 0.05) is 0 Å². The second kappa shape index (κ2) is 3.50. The van der Waals surface area contributed by atoms with Crippen molar-refractivity contribution in [1.82, 2.24) is 0 Å². The highest BCUT2D eigenvalue weighted by Crippen LogP contribution is 2.71. The Morgan fingerprint density at radius 1 is 1.00 bits per heavy atom. The average Bonchev–Trinajstić information content (AvgIpc) is 3.06. The minimum atomic E-state index is 0.975. The van der Waals surface area contributed by atoms with Gasteiger partial charge in [-0.2, -0.15) is 0 Å². The van der Waals surface area contributed by atoms with Gasteiger partial charge in [0.05, 0.1) is 0 Å². The Morgan fingerprint density at radius 3 is 2.19 bits per heavy atom. The Kier molecular flexibility index (Phi) is 2.43. The Morgan fingerprint density at radius 2 is 1.69 bits per heavy atom. The van der Waals surface area contributed by atoms with E-state index in [1.807, 2.05) is 0 Å². The molecule has 0 saturated heterocycles. The minimum Gasteiger partial charge on any atom is -0.0651 e. The van der Waals surface area contributed by atoms with E-state index in [0.29, 0.717) is 0 Å². The molecule has 3 aliphatic carbocycles. The lowest BCUT2D eigenvalue weighted by Gasteiger charge is -2.17. The topological polar surface area (TPSA) is 0 Å². The van der Waals surface area contributed by atoms with Gasteiger partial charge in [0.2, 0.25) is 0 Å². The number of hydrogen-bond acceptors (Lipinski definition) is 0. The fraction of sp³-hybridized carbons (Fsp3) is 1.00. The van der Waals surface area contributed by atoms with Gasteiger partial charge in [0.25, 0.3) is 0 Å². The van der Waals surface area contributed by atoms with Crippen LogP contribution in [-0.4, -0.2) is 0 Å². The van der Waals surface area contributed by atoms with Crippen molar-refractivity contribution in [3.63, 3.8) is 0 Å². The van der Waals surface area contributed by atoms with Crippen LogP contribution >= 0.6 is 0 Å². The standard InChI is InChI=1S/C16H28/c1-6-8(2)13-10(4)15(13)12-7-9(3)14-11(5)16(12)14/h8-16H,6-7H2,1-5H3. The van der Waals surface area contributed by atoms with Gasteiger partial charge in [-0.15, -0.1) is 0 Å². The fourth-order valence-electron chi connectivity index (χ4n) is 5.63. The average molecular weight is 220 g/mol. The van der Waals surface area contributed by atoms with Crippen LogP contribution in [0.5, 0.6) is 0 Å². The maximum absolute atomic E-state index is 2.52. The summed E-state index contributed by atoms with van der Waals surface area (Å²) in [6.45, 7) is 12.4. The van der Waals surface area contributed by atoms with E-state index in [1.165, 1.54) is 6.42 Å². The van der Waals surface area contributed by atoms with Crippen LogP contribution in [0.2, 0.25) is 0 Å². The molecule has 0 aromatic rings. The molecule has 92 valence electrons. The Hall–Kier alpha value is 0. The maximum Gasteiger partial charge on any atom is -0.0321 e. The molecule has 9 atom stereocenters. The van der Waals surface area contributed by atoms with E-state index < -0.39 is 0 Å². The van der Waals surface area contributed by atoms with E-state index in [1.54, 1.807) is 6.42 Å². The summed E-state index contributed by atoms with van der Waals surface area (Å²) in [5.41, 5.74) is 0. The summed E-state index contributed by atoms with van der Waals surface area (Å²) in [7, 11) is 0. The van der Waals surface area contributed by atoms with E-state index in [9.17, 15) is 0 Å². The summed E-state index contributed by atoms with van der Waals surface area (Å²) in [5, 5.41) is 0. The molecular weight excluding hydrogens is 192 g/mol. The highest BCUT2D eigenvalue weighted by atomic mass is 14.7. The lowest BCUT2D eigenvalue weighted by molar-refractivity contribution is 0.317. The highest BCUT2D eigenvalue weighted by molar-refractivity contribution is 5.13. The predicted molar refractivity (Wildman–Crippen MR) is 69.0 cm³/mol. The van der Waals surface area contributed by atoms with Crippen molar-refractivity contribution in [1.29, 1.82) is 0 Å². The van der Waals surface area contributed by atoms with Gasteiger partial charge in [-0.1, -0.05) is 41.0 Å². The van der Waals surface area contributed by atoms with Gasteiger partial charge in [-0.3, -0.25) is 0 Å². The van der Waals surface area contributed by atoms with Crippen molar-refractivity contribution in [3.8, 4) is 0 Å². The SMILES string of the molecule is CCC(C)C1C(C)C1C1CC(C)C2C(C)C12. The molecule has 9 unspecified atom stereocenters. The molecule has 0 N–H and O–H groups in total. The van der Waals surface area contributed by atoms with E-state index >= 15 is 0 Å². The van der Waals surface area contributed by atoms with E-state index in [-0.39, 0.29) is 0 Å². The van der Waals surface area contributed by atoms with Crippen LogP contribution in [0, 0.1) is 53.3 Å². The van der Waals surface area contributed by atoms with Gasteiger partial charge < -0.3 is 0 Å². The van der Waals surface area contributed by atoms with Gasteiger partial charge in [0.1, 0.15) is 0 Å². The third kappa shape index (κ3) is 1.34. The predicted octanol–water partition coefficient (Wildman–Crippen LogP) is 4.45.